The summed E-state index contributed by atoms with van der Waals surface area (Å²) in [7, 11) is -3.94. The van der Waals surface area contributed by atoms with Crippen LogP contribution in [0.25, 0.3) is 0 Å². The predicted octanol–water partition coefficient (Wildman–Crippen LogP) is 3.92. The van der Waals surface area contributed by atoms with E-state index in [-0.39, 0.29) is 4.90 Å². The van der Waals surface area contributed by atoms with Gasteiger partial charge in [-0.05, 0) is 60.8 Å². The van der Waals surface area contributed by atoms with Crippen LogP contribution in [0, 0.1) is 13.8 Å². The van der Waals surface area contributed by atoms with E-state index in [4.69, 9.17) is 23.2 Å². The maximum Gasteiger partial charge on any atom is 0.264 e. The highest BCUT2D eigenvalue weighted by atomic mass is 35.5. The molecular weight excluding hydrogens is 357 g/mol. The van der Waals surface area contributed by atoms with E-state index in [0.717, 1.165) is 15.4 Å². The van der Waals surface area contributed by atoms with Crippen LogP contribution in [0.2, 0.25) is 5.02 Å². The Hall–Kier alpha value is -1.56. The minimum Gasteiger partial charge on any atom is -0.279 e. The number of carbonyl (C=O) groups is 1. The van der Waals surface area contributed by atoms with Gasteiger partial charge in [-0.15, -0.1) is 0 Å². The minimum atomic E-state index is -3.94. The van der Waals surface area contributed by atoms with Crippen LogP contribution in [-0.4, -0.2) is 20.2 Å². The first-order valence-corrected chi connectivity index (χ1v) is 8.96. The molecule has 0 spiro atoms. The van der Waals surface area contributed by atoms with Gasteiger partial charge in [-0.25, -0.2) is 8.42 Å². The van der Waals surface area contributed by atoms with E-state index in [9.17, 15) is 13.2 Å². The van der Waals surface area contributed by atoms with Crippen LogP contribution >= 0.6 is 23.2 Å². The van der Waals surface area contributed by atoms with Crippen molar-refractivity contribution in [3.8, 4) is 0 Å². The first-order chi connectivity index (χ1) is 10.7. The number of aryl methyl sites for hydroxylation is 2. The molecule has 0 aliphatic rings. The first-order valence-electron chi connectivity index (χ1n) is 6.76. The van der Waals surface area contributed by atoms with Crippen molar-refractivity contribution in [2.24, 2.45) is 0 Å². The second kappa shape index (κ2) is 6.91. The summed E-state index contributed by atoms with van der Waals surface area (Å²) in [5, 5.41) is -0.332. The molecule has 0 N–H and O–H groups in total. The summed E-state index contributed by atoms with van der Waals surface area (Å²) < 4.78 is 26.9. The monoisotopic (exact) mass is 371 g/mol. The number of hydrogen-bond donors (Lipinski definition) is 0. The lowest BCUT2D eigenvalue weighted by atomic mass is 10.1. The lowest BCUT2D eigenvalue weighted by Crippen LogP contribution is -2.35. The molecule has 0 fully saturated rings. The normalized spacial score (nSPS) is 11.3. The van der Waals surface area contributed by atoms with E-state index >= 15 is 0 Å². The first kappa shape index (κ1) is 17.8. The highest BCUT2D eigenvalue weighted by Crippen LogP contribution is 2.30. The third kappa shape index (κ3) is 3.86. The molecule has 0 saturated carbocycles. The molecule has 23 heavy (non-hydrogen) atoms. The number of sulfonamides is 1. The Balaban J connectivity index is 2.63. The third-order valence-corrected chi connectivity index (χ3v) is 5.49. The van der Waals surface area contributed by atoms with Gasteiger partial charge in [0, 0.05) is 5.02 Å². The van der Waals surface area contributed by atoms with Crippen molar-refractivity contribution >= 4 is 44.2 Å². The molecule has 0 heterocycles. The summed E-state index contributed by atoms with van der Waals surface area (Å²) in [5.41, 5.74) is 1.93. The number of anilines is 1. The van der Waals surface area contributed by atoms with E-state index in [1.165, 1.54) is 24.3 Å². The Kier molecular flexibility index (Phi) is 5.34. The maximum atomic E-state index is 13.0. The smallest absolute Gasteiger partial charge is 0.264 e. The molecule has 7 heteroatoms. The average Bonchev–Trinajstić information content (AvgIpc) is 2.46. The molecule has 0 unspecified atom stereocenters. The summed E-state index contributed by atoms with van der Waals surface area (Å²) in [6.45, 7) is 3.12. The van der Waals surface area contributed by atoms with Gasteiger partial charge in [0.25, 0.3) is 10.0 Å². The van der Waals surface area contributed by atoms with Crippen molar-refractivity contribution in [2.75, 3.05) is 10.8 Å². The second-order valence-electron chi connectivity index (χ2n) is 5.06. The summed E-state index contributed by atoms with van der Waals surface area (Å²) in [6.07, 6.45) is 0. The molecule has 0 radical (unpaired) electrons. The quantitative estimate of drug-likeness (QED) is 0.748. The lowest BCUT2D eigenvalue weighted by molar-refractivity contribution is -0.110. The Morgan fingerprint density at radius 2 is 1.57 bits per heavy atom. The van der Waals surface area contributed by atoms with Crippen LogP contribution in [0.3, 0.4) is 0 Å². The lowest BCUT2D eigenvalue weighted by Gasteiger charge is -2.26. The van der Waals surface area contributed by atoms with Crippen molar-refractivity contribution in [3.63, 3.8) is 0 Å². The fourth-order valence-electron chi connectivity index (χ4n) is 2.33. The molecule has 2 aromatic carbocycles. The van der Waals surface area contributed by atoms with Crippen molar-refractivity contribution in [3.05, 3.63) is 58.6 Å². The van der Waals surface area contributed by atoms with Crippen molar-refractivity contribution in [2.45, 2.75) is 18.7 Å². The molecule has 0 bridgehead atoms. The zero-order valence-corrected chi connectivity index (χ0v) is 14.9. The molecule has 122 valence electrons. The van der Waals surface area contributed by atoms with Gasteiger partial charge >= 0.3 is 0 Å². The summed E-state index contributed by atoms with van der Waals surface area (Å²) in [4.78, 5) is 11.5. The SMILES string of the molecule is Cc1cccc(C)c1N(CC(=O)Cl)S(=O)(=O)c1ccc(Cl)cc1. The van der Waals surface area contributed by atoms with Crippen LogP contribution in [-0.2, 0) is 14.8 Å². The van der Waals surface area contributed by atoms with Gasteiger partial charge < -0.3 is 0 Å². The maximum absolute atomic E-state index is 13.0. The van der Waals surface area contributed by atoms with Gasteiger partial charge in [0.2, 0.25) is 5.24 Å². The molecule has 0 aliphatic carbocycles. The number of nitrogens with zero attached hydrogens (tertiary/aromatic N) is 1. The van der Waals surface area contributed by atoms with Crippen LogP contribution in [0.15, 0.2) is 47.4 Å². The average molecular weight is 372 g/mol. The molecule has 2 aromatic rings. The molecule has 4 nitrogen and oxygen atoms in total. The fraction of sp³-hybridized carbons (Fsp3) is 0.188. The number of carbonyl (C=O) groups excluding carboxylic acids is 1. The van der Waals surface area contributed by atoms with E-state index in [0.29, 0.717) is 10.7 Å². The highest BCUT2D eigenvalue weighted by Gasteiger charge is 2.28. The standard InChI is InChI=1S/C16H15Cl2NO3S/c1-11-4-3-5-12(2)16(11)19(10-15(18)20)23(21,22)14-8-6-13(17)7-9-14/h3-9H,10H2,1-2H3. The van der Waals surface area contributed by atoms with Crippen molar-refractivity contribution < 1.29 is 13.2 Å². The zero-order valence-electron chi connectivity index (χ0n) is 12.6. The summed E-state index contributed by atoms with van der Waals surface area (Å²) >= 11 is 11.3. The molecule has 0 amide bonds. The zero-order chi connectivity index (χ0) is 17.2. The number of hydrogen-bond acceptors (Lipinski definition) is 3. The topological polar surface area (TPSA) is 54.5 Å². The van der Waals surface area contributed by atoms with Gasteiger partial charge in [-0.2, -0.15) is 0 Å². The van der Waals surface area contributed by atoms with Crippen LogP contribution < -0.4 is 4.31 Å². The van der Waals surface area contributed by atoms with Gasteiger partial charge in [-0.3, -0.25) is 9.10 Å². The van der Waals surface area contributed by atoms with E-state index in [1.807, 2.05) is 6.07 Å². The molecule has 0 aliphatic heterocycles. The van der Waals surface area contributed by atoms with Crippen LogP contribution in [0.5, 0.6) is 0 Å². The molecule has 0 saturated heterocycles. The predicted molar refractivity (Wildman–Crippen MR) is 92.8 cm³/mol. The van der Waals surface area contributed by atoms with Gasteiger partial charge in [0.1, 0.15) is 6.54 Å². The number of benzene rings is 2. The largest absolute Gasteiger partial charge is 0.279 e. The number of halogens is 2. The van der Waals surface area contributed by atoms with Crippen LogP contribution in [0.4, 0.5) is 5.69 Å². The minimum absolute atomic E-state index is 0.0440. The number of para-hydroxylation sites is 1. The van der Waals surface area contributed by atoms with Crippen molar-refractivity contribution in [1.82, 2.24) is 0 Å². The van der Waals surface area contributed by atoms with Crippen molar-refractivity contribution in [1.29, 1.82) is 0 Å². The van der Waals surface area contributed by atoms with E-state index in [2.05, 4.69) is 0 Å². The highest BCUT2D eigenvalue weighted by molar-refractivity contribution is 7.92. The molecule has 0 atom stereocenters. The number of rotatable bonds is 5. The van der Waals surface area contributed by atoms with Gasteiger partial charge in [-0.1, -0.05) is 29.8 Å². The van der Waals surface area contributed by atoms with Crippen LogP contribution in [0.1, 0.15) is 11.1 Å². The molecular formula is C16H15Cl2NO3S. The Bertz CT molecular complexity index is 813. The van der Waals surface area contributed by atoms with Gasteiger partial charge in [0.15, 0.2) is 0 Å². The molecule has 2 rings (SSSR count). The Labute approximate surface area is 145 Å². The summed E-state index contributed by atoms with van der Waals surface area (Å²) in [5.74, 6) is 0. The summed E-state index contributed by atoms with van der Waals surface area (Å²) in [6, 6.07) is 11.2. The Morgan fingerprint density at radius 1 is 1.04 bits per heavy atom. The second-order valence-corrected chi connectivity index (χ2v) is 7.78. The third-order valence-electron chi connectivity index (χ3n) is 3.36. The molecule has 0 aromatic heterocycles. The Morgan fingerprint density at radius 3 is 2.04 bits per heavy atom. The fourth-order valence-corrected chi connectivity index (χ4v) is 4.20. The van der Waals surface area contributed by atoms with Gasteiger partial charge in [0.05, 0.1) is 10.6 Å². The van der Waals surface area contributed by atoms with E-state index < -0.39 is 21.8 Å². The van der Waals surface area contributed by atoms with E-state index in [1.54, 1.807) is 26.0 Å².